The van der Waals surface area contributed by atoms with Crippen LogP contribution in [0.5, 0.6) is 0 Å². The summed E-state index contributed by atoms with van der Waals surface area (Å²) in [4.78, 5) is 13.2. The second-order valence-corrected chi connectivity index (χ2v) is 6.56. The maximum absolute atomic E-state index is 11.1. The molecule has 3 unspecified atom stereocenters. The molecule has 0 spiro atoms. The number of nitrogens with zero attached hydrogens (tertiary/aromatic N) is 1. The maximum Gasteiger partial charge on any atom is 0.295 e. The van der Waals surface area contributed by atoms with Gasteiger partial charge >= 0.3 is 0 Å². The number of rotatable bonds is 3. The van der Waals surface area contributed by atoms with Crippen molar-refractivity contribution in [2.45, 2.75) is 30.4 Å². The van der Waals surface area contributed by atoms with E-state index in [1.165, 1.54) is 0 Å². The minimum absolute atomic E-state index is 0.233. The minimum atomic E-state index is -4.22. The molecule has 0 radical (unpaired) electrons. The van der Waals surface area contributed by atoms with Crippen molar-refractivity contribution in [2.24, 2.45) is 5.92 Å². The number of hydrogen-bond donors (Lipinski definition) is 3. The number of carbonyl (C=O) groups excluding carboxylic acids is 1. The van der Waals surface area contributed by atoms with Crippen LogP contribution in [0.4, 0.5) is 0 Å². The van der Waals surface area contributed by atoms with Gasteiger partial charge < -0.3 is 9.69 Å². The second kappa shape index (κ2) is 5.22. The fourth-order valence-corrected chi connectivity index (χ4v) is 3.38. The van der Waals surface area contributed by atoms with E-state index in [9.17, 15) is 13.2 Å². The third kappa shape index (κ3) is 2.89. The van der Waals surface area contributed by atoms with E-state index in [0.717, 1.165) is 25.9 Å². The summed E-state index contributed by atoms with van der Waals surface area (Å²) in [5, 5.41) is 5.43. The van der Waals surface area contributed by atoms with Crippen LogP contribution in [0.2, 0.25) is 0 Å². The standard InChI is InChI=1S/C10H19N3O4S/c1-13-4-2-7(3-5-13)9-8(6-14)11-10(12-9)18(15,16)17/h6-12H,2-5H2,1H3,(H,15,16,17). The van der Waals surface area contributed by atoms with Crippen molar-refractivity contribution in [1.29, 1.82) is 0 Å². The van der Waals surface area contributed by atoms with Crippen LogP contribution in [-0.2, 0) is 14.9 Å². The molecule has 0 amide bonds. The van der Waals surface area contributed by atoms with Crippen molar-refractivity contribution in [1.82, 2.24) is 15.5 Å². The lowest BCUT2D eigenvalue weighted by Gasteiger charge is -2.33. The van der Waals surface area contributed by atoms with Crippen molar-refractivity contribution in [3.63, 3.8) is 0 Å². The van der Waals surface area contributed by atoms with Gasteiger partial charge in [-0.25, -0.2) is 0 Å². The fraction of sp³-hybridized carbons (Fsp3) is 0.900. The van der Waals surface area contributed by atoms with E-state index in [1.54, 1.807) is 0 Å². The molecule has 7 nitrogen and oxygen atoms in total. The van der Waals surface area contributed by atoms with Gasteiger partial charge in [0.05, 0.1) is 6.04 Å². The van der Waals surface area contributed by atoms with Crippen LogP contribution in [0, 0.1) is 5.92 Å². The van der Waals surface area contributed by atoms with Gasteiger partial charge in [-0.05, 0) is 38.9 Å². The molecule has 3 N–H and O–H groups in total. The SMILES string of the molecule is CN1CCC(C2NC(S(=O)(=O)O)NC2C=O)CC1. The molecule has 2 saturated heterocycles. The van der Waals surface area contributed by atoms with Crippen LogP contribution in [0.1, 0.15) is 12.8 Å². The number of hydrogen-bond acceptors (Lipinski definition) is 6. The molecule has 2 fully saturated rings. The third-order valence-corrected chi connectivity index (χ3v) is 4.66. The van der Waals surface area contributed by atoms with E-state index < -0.39 is 21.7 Å². The number of carbonyl (C=O) groups is 1. The van der Waals surface area contributed by atoms with Crippen LogP contribution < -0.4 is 10.6 Å². The van der Waals surface area contributed by atoms with Gasteiger partial charge in [-0.2, -0.15) is 8.42 Å². The highest BCUT2D eigenvalue weighted by Crippen LogP contribution is 2.24. The summed E-state index contributed by atoms with van der Waals surface area (Å²) in [7, 11) is -2.18. The lowest BCUT2D eigenvalue weighted by molar-refractivity contribution is -0.109. The predicted octanol–water partition coefficient (Wildman–Crippen LogP) is -1.37. The smallest absolute Gasteiger partial charge is 0.295 e. The highest BCUT2D eigenvalue weighted by Gasteiger charge is 2.42. The Labute approximate surface area is 107 Å². The van der Waals surface area contributed by atoms with Crippen molar-refractivity contribution < 1.29 is 17.8 Å². The van der Waals surface area contributed by atoms with Crippen LogP contribution in [0.3, 0.4) is 0 Å². The van der Waals surface area contributed by atoms with Gasteiger partial charge in [0.1, 0.15) is 6.29 Å². The Bertz CT molecular complexity index is 405. The van der Waals surface area contributed by atoms with Crippen molar-refractivity contribution >= 4 is 16.4 Å². The zero-order valence-corrected chi connectivity index (χ0v) is 11.1. The van der Waals surface area contributed by atoms with Gasteiger partial charge in [0.2, 0.25) is 0 Å². The topological polar surface area (TPSA) is 98.7 Å². The van der Waals surface area contributed by atoms with E-state index in [4.69, 9.17) is 4.55 Å². The third-order valence-electron chi connectivity index (χ3n) is 3.79. The lowest BCUT2D eigenvalue weighted by atomic mass is 9.87. The Morgan fingerprint density at radius 1 is 1.28 bits per heavy atom. The molecule has 0 aromatic rings. The number of nitrogens with one attached hydrogen (secondary N) is 2. The average Bonchev–Trinajstić information content (AvgIpc) is 2.73. The normalized spacial score (nSPS) is 35.8. The largest absolute Gasteiger partial charge is 0.306 e. The molecule has 0 aliphatic carbocycles. The average molecular weight is 277 g/mol. The molecule has 104 valence electrons. The number of piperidine rings is 1. The van der Waals surface area contributed by atoms with Gasteiger partial charge in [-0.1, -0.05) is 0 Å². The molecular formula is C10H19N3O4S. The first kappa shape index (κ1) is 13.9. The molecule has 2 heterocycles. The molecule has 0 aromatic carbocycles. The number of aldehydes is 1. The Kier molecular flexibility index (Phi) is 4.02. The molecule has 0 bridgehead atoms. The molecular weight excluding hydrogens is 258 g/mol. The van der Waals surface area contributed by atoms with Gasteiger partial charge in [-0.3, -0.25) is 15.2 Å². The first-order valence-electron chi connectivity index (χ1n) is 6.04. The van der Waals surface area contributed by atoms with Crippen molar-refractivity contribution in [3.05, 3.63) is 0 Å². The van der Waals surface area contributed by atoms with E-state index >= 15 is 0 Å². The molecule has 3 atom stereocenters. The van der Waals surface area contributed by atoms with Crippen molar-refractivity contribution in [2.75, 3.05) is 20.1 Å². The first-order chi connectivity index (χ1) is 8.41. The highest BCUT2D eigenvalue weighted by atomic mass is 32.2. The fourth-order valence-electron chi connectivity index (χ4n) is 2.72. The van der Waals surface area contributed by atoms with E-state index in [-0.39, 0.29) is 12.0 Å². The zero-order valence-electron chi connectivity index (χ0n) is 10.2. The first-order valence-corrected chi connectivity index (χ1v) is 7.54. The predicted molar refractivity (Wildman–Crippen MR) is 65.5 cm³/mol. The van der Waals surface area contributed by atoms with Crippen LogP contribution in [-0.4, -0.2) is 61.9 Å². The Hall–Kier alpha value is -0.540. The number of likely N-dealkylation sites (tertiary alicyclic amines) is 1. The van der Waals surface area contributed by atoms with Gasteiger partial charge in [0.25, 0.3) is 10.1 Å². The molecule has 0 aromatic heterocycles. The monoisotopic (exact) mass is 277 g/mol. The summed E-state index contributed by atoms with van der Waals surface area (Å²) >= 11 is 0. The Morgan fingerprint density at radius 3 is 2.39 bits per heavy atom. The summed E-state index contributed by atoms with van der Waals surface area (Å²) < 4.78 is 31.2. The summed E-state index contributed by atoms with van der Waals surface area (Å²) in [6.07, 6.45) is 2.54. The molecule has 0 saturated carbocycles. The minimum Gasteiger partial charge on any atom is -0.306 e. The van der Waals surface area contributed by atoms with Gasteiger partial charge in [0, 0.05) is 6.04 Å². The van der Waals surface area contributed by atoms with E-state index in [0.29, 0.717) is 6.29 Å². The van der Waals surface area contributed by atoms with Crippen molar-refractivity contribution in [3.8, 4) is 0 Å². The molecule has 18 heavy (non-hydrogen) atoms. The Balaban J connectivity index is 2.05. The van der Waals surface area contributed by atoms with Gasteiger partial charge in [0.15, 0.2) is 5.50 Å². The molecule has 2 aliphatic heterocycles. The molecule has 8 heteroatoms. The summed E-state index contributed by atoms with van der Waals surface area (Å²) in [5.74, 6) is 0.246. The Morgan fingerprint density at radius 2 is 1.89 bits per heavy atom. The van der Waals surface area contributed by atoms with E-state index in [1.807, 2.05) is 7.05 Å². The summed E-state index contributed by atoms with van der Waals surface area (Å²) in [6, 6.07) is -0.798. The quantitative estimate of drug-likeness (QED) is 0.432. The molecule has 2 rings (SSSR count). The highest BCUT2D eigenvalue weighted by molar-refractivity contribution is 7.86. The van der Waals surface area contributed by atoms with E-state index in [2.05, 4.69) is 15.5 Å². The van der Waals surface area contributed by atoms with Gasteiger partial charge in [-0.15, -0.1) is 0 Å². The lowest BCUT2D eigenvalue weighted by Crippen LogP contribution is -2.46. The second-order valence-electron chi connectivity index (χ2n) is 5.06. The summed E-state index contributed by atoms with van der Waals surface area (Å²) in [6.45, 7) is 1.87. The van der Waals surface area contributed by atoms with Crippen LogP contribution >= 0.6 is 0 Å². The van der Waals surface area contributed by atoms with Crippen LogP contribution in [0.25, 0.3) is 0 Å². The maximum atomic E-state index is 11.1. The van der Waals surface area contributed by atoms with Crippen LogP contribution in [0.15, 0.2) is 0 Å². The summed E-state index contributed by atoms with van der Waals surface area (Å²) in [5.41, 5.74) is -1.24. The zero-order chi connectivity index (χ0) is 13.3. The molecule has 2 aliphatic rings.